The molecule has 1 heterocycles. The van der Waals surface area contributed by atoms with E-state index in [2.05, 4.69) is 15.5 Å². The Morgan fingerprint density at radius 1 is 1.22 bits per heavy atom. The molecule has 2 aromatic rings. The third-order valence-electron chi connectivity index (χ3n) is 3.07. The van der Waals surface area contributed by atoms with Gasteiger partial charge in [-0.3, -0.25) is 4.79 Å². The molecule has 0 fully saturated rings. The lowest BCUT2D eigenvalue weighted by Gasteiger charge is -2.18. The highest BCUT2D eigenvalue weighted by molar-refractivity contribution is 7.90. The van der Waals surface area contributed by atoms with E-state index in [1.165, 1.54) is 24.3 Å². The number of carbonyl (C=O) groups excluding carboxylic acids is 1. The van der Waals surface area contributed by atoms with Crippen LogP contribution in [0.4, 0.5) is 4.39 Å². The van der Waals surface area contributed by atoms with Gasteiger partial charge in [0.1, 0.15) is 11.9 Å². The first-order valence-corrected chi connectivity index (χ1v) is 8.67. The number of aromatic nitrogens is 2. The molecule has 7 nitrogen and oxygen atoms in total. The van der Waals surface area contributed by atoms with Crippen LogP contribution in [0.25, 0.3) is 0 Å². The summed E-state index contributed by atoms with van der Waals surface area (Å²) in [6, 6.07) is 4.37. The summed E-state index contributed by atoms with van der Waals surface area (Å²) in [5.74, 6) is -1.04. The van der Waals surface area contributed by atoms with E-state index in [4.69, 9.17) is 4.42 Å². The van der Waals surface area contributed by atoms with Crippen molar-refractivity contribution in [3.63, 3.8) is 0 Å². The first kappa shape index (κ1) is 17.1. The molecule has 0 aliphatic rings. The molecule has 0 radical (unpaired) electrons. The number of hydrogen-bond acceptors (Lipinski definition) is 6. The molecule has 0 aliphatic heterocycles. The predicted octanol–water partition coefficient (Wildman–Crippen LogP) is 1.74. The minimum atomic E-state index is -3.62. The predicted molar refractivity (Wildman–Crippen MR) is 78.9 cm³/mol. The molecule has 0 saturated heterocycles. The van der Waals surface area contributed by atoms with Crippen LogP contribution >= 0.6 is 0 Å². The molecule has 1 N–H and O–H groups in total. The first-order valence-electron chi connectivity index (χ1n) is 6.78. The first-order chi connectivity index (χ1) is 10.7. The van der Waals surface area contributed by atoms with E-state index in [1.807, 2.05) is 0 Å². The second-order valence-electron chi connectivity index (χ2n) is 5.38. The van der Waals surface area contributed by atoms with Crippen LogP contribution < -0.4 is 5.32 Å². The van der Waals surface area contributed by atoms with Gasteiger partial charge in [-0.15, -0.1) is 5.10 Å². The van der Waals surface area contributed by atoms with Crippen molar-refractivity contribution in [3.8, 4) is 0 Å². The summed E-state index contributed by atoms with van der Waals surface area (Å²) >= 11 is 0. The SMILES string of the molecule is CC(C)[C@H](NC(=O)c1ccc(F)cc1)c1nnc(S(C)(=O)=O)o1. The highest BCUT2D eigenvalue weighted by atomic mass is 32.2. The highest BCUT2D eigenvalue weighted by Gasteiger charge is 2.27. The van der Waals surface area contributed by atoms with Crippen molar-refractivity contribution in [1.29, 1.82) is 0 Å². The number of hydrogen-bond donors (Lipinski definition) is 1. The number of amides is 1. The number of nitrogens with zero attached hydrogens (tertiary/aromatic N) is 2. The second-order valence-corrected chi connectivity index (χ2v) is 7.27. The average Bonchev–Trinajstić information content (AvgIpc) is 2.94. The fraction of sp³-hybridized carbons (Fsp3) is 0.357. The lowest BCUT2D eigenvalue weighted by atomic mass is 10.0. The van der Waals surface area contributed by atoms with Crippen molar-refractivity contribution in [3.05, 3.63) is 41.5 Å². The Morgan fingerprint density at radius 2 is 1.83 bits per heavy atom. The summed E-state index contributed by atoms with van der Waals surface area (Å²) < 4.78 is 40.8. The minimum absolute atomic E-state index is 0.00381. The van der Waals surface area contributed by atoms with E-state index < -0.39 is 32.8 Å². The average molecular weight is 341 g/mol. The lowest BCUT2D eigenvalue weighted by molar-refractivity contribution is 0.0915. The van der Waals surface area contributed by atoms with Gasteiger partial charge in [-0.1, -0.05) is 18.9 Å². The zero-order valence-electron chi connectivity index (χ0n) is 12.8. The molecule has 2 rings (SSSR count). The van der Waals surface area contributed by atoms with Crippen LogP contribution in [-0.4, -0.2) is 30.8 Å². The molecule has 0 unspecified atom stereocenters. The molecule has 23 heavy (non-hydrogen) atoms. The smallest absolute Gasteiger partial charge is 0.335 e. The topological polar surface area (TPSA) is 102 Å². The number of benzene rings is 1. The van der Waals surface area contributed by atoms with Gasteiger partial charge in [0.2, 0.25) is 15.7 Å². The van der Waals surface area contributed by atoms with Gasteiger partial charge in [0.25, 0.3) is 5.91 Å². The third kappa shape index (κ3) is 4.13. The Kier molecular flexibility index (Phi) is 4.79. The van der Waals surface area contributed by atoms with Crippen LogP contribution in [0.3, 0.4) is 0 Å². The molecule has 9 heteroatoms. The summed E-state index contributed by atoms with van der Waals surface area (Å²) in [6.07, 6.45) is 0.950. The number of sulfone groups is 1. The van der Waals surface area contributed by atoms with Crippen molar-refractivity contribution >= 4 is 15.7 Å². The van der Waals surface area contributed by atoms with Gasteiger partial charge in [0.05, 0.1) is 0 Å². The van der Waals surface area contributed by atoms with Crippen molar-refractivity contribution in [2.24, 2.45) is 5.92 Å². The van der Waals surface area contributed by atoms with E-state index in [0.29, 0.717) is 0 Å². The number of rotatable bonds is 5. The summed E-state index contributed by atoms with van der Waals surface area (Å²) in [5, 5.41) is 9.35. The Morgan fingerprint density at radius 3 is 2.30 bits per heavy atom. The minimum Gasteiger partial charge on any atom is -0.410 e. The molecule has 0 saturated carbocycles. The molecule has 124 valence electrons. The van der Waals surface area contributed by atoms with Crippen LogP contribution in [0.15, 0.2) is 33.9 Å². The van der Waals surface area contributed by atoms with Gasteiger partial charge in [-0.05, 0) is 30.2 Å². The molecule has 1 atom stereocenters. The van der Waals surface area contributed by atoms with Crippen molar-refractivity contribution in [1.82, 2.24) is 15.5 Å². The zero-order valence-corrected chi connectivity index (χ0v) is 13.6. The van der Waals surface area contributed by atoms with Crippen LogP contribution in [-0.2, 0) is 9.84 Å². The van der Waals surface area contributed by atoms with E-state index in [-0.39, 0.29) is 17.4 Å². The number of carbonyl (C=O) groups is 1. The monoisotopic (exact) mass is 341 g/mol. The van der Waals surface area contributed by atoms with Gasteiger partial charge in [-0.2, -0.15) is 0 Å². The van der Waals surface area contributed by atoms with Crippen LogP contribution in [0, 0.1) is 11.7 Å². The zero-order chi connectivity index (χ0) is 17.2. The summed E-state index contributed by atoms with van der Waals surface area (Å²) in [5.41, 5.74) is 0.264. The molecule has 0 spiro atoms. The Labute approximate surface area is 132 Å². The molecule has 1 amide bonds. The normalized spacial score (nSPS) is 13.1. The quantitative estimate of drug-likeness (QED) is 0.889. The maximum atomic E-state index is 12.9. The van der Waals surface area contributed by atoms with E-state index in [0.717, 1.165) is 6.26 Å². The van der Waals surface area contributed by atoms with Crippen molar-refractivity contribution < 1.29 is 22.0 Å². The summed E-state index contributed by atoms with van der Waals surface area (Å²) in [6.45, 7) is 3.61. The van der Waals surface area contributed by atoms with Gasteiger partial charge in [0.15, 0.2) is 0 Å². The van der Waals surface area contributed by atoms with Gasteiger partial charge in [0, 0.05) is 11.8 Å². The van der Waals surface area contributed by atoms with E-state index >= 15 is 0 Å². The van der Waals surface area contributed by atoms with E-state index in [9.17, 15) is 17.6 Å². The number of nitrogens with one attached hydrogen (secondary N) is 1. The fourth-order valence-electron chi connectivity index (χ4n) is 1.84. The van der Waals surface area contributed by atoms with Crippen LogP contribution in [0.2, 0.25) is 0 Å². The maximum absolute atomic E-state index is 12.9. The van der Waals surface area contributed by atoms with Crippen LogP contribution in [0.1, 0.15) is 36.1 Å². The summed E-state index contributed by atoms with van der Waals surface area (Å²) in [7, 11) is -3.62. The molecular weight excluding hydrogens is 325 g/mol. The molecule has 1 aromatic heterocycles. The third-order valence-corrected chi connectivity index (χ3v) is 3.86. The van der Waals surface area contributed by atoms with Gasteiger partial charge in [-0.25, -0.2) is 12.8 Å². The van der Waals surface area contributed by atoms with Crippen molar-refractivity contribution in [2.75, 3.05) is 6.26 Å². The standard InChI is InChI=1S/C14H16FN3O4S/c1-8(2)11(13-17-18-14(22-13)23(3,20)21)16-12(19)9-4-6-10(15)7-5-9/h4-8,11H,1-3H3,(H,16,19)/t11-/m0/s1. The highest BCUT2D eigenvalue weighted by Crippen LogP contribution is 2.22. The molecule has 0 bridgehead atoms. The van der Waals surface area contributed by atoms with Crippen molar-refractivity contribution in [2.45, 2.75) is 25.1 Å². The summed E-state index contributed by atoms with van der Waals surface area (Å²) in [4.78, 5) is 12.2. The Hall–Kier alpha value is -2.29. The Bertz CT molecular complexity index is 800. The molecular formula is C14H16FN3O4S. The number of halogens is 1. The van der Waals surface area contributed by atoms with Gasteiger partial charge < -0.3 is 9.73 Å². The lowest BCUT2D eigenvalue weighted by Crippen LogP contribution is -2.32. The molecule has 0 aliphatic carbocycles. The van der Waals surface area contributed by atoms with Crippen LogP contribution in [0.5, 0.6) is 0 Å². The largest absolute Gasteiger partial charge is 0.410 e. The van der Waals surface area contributed by atoms with E-state index in [1.54, 1.807) is 13.8 Å². The Balaban J connectivity index is 2.24. The van der Waals surface area contributed by atoms with Gasteiger partial charge >= 0.3 is 5.22 Å². The fourth-order valence-corrected chi connectivity index (χ4v) is 2.26. The molecule has 1 aromatic carbocycles. The maximum Gasteiger partial charge on any atom is 0.335 e. The second kappa shape index (κ2) is 6.45.